The van der Waals surface area contributed by atoms with Crippen molar-refractivity contribution in [3.63, 3.8) is 0 Å². The van der Waals surface area contributed by atoms with Gasteiger partial charge < -0.3 is 23.5 Å². The molecule has 0 spiro atoms. The molecule has 5 rings (SSSR count). The summed E-state index contributed by atoms with van der Waals surface area (Å²) in [7, 11) is 0. The molecule has 0 saturated carbocycles. The predicted molar refractivity (Wildman–Crippen MR) is 120 cm³/mol. The molecular weight excluding hydrogens is 406 g/mol. The number of hydrogen-bond donors (Lipinski definition) is 1. The summed E-state index contributed by atoms with van der Waals surface area (Å²) >= 11 is 0. The van der Waals surface area contributed by atoms with Crippen molar-refractivity contribution in [2.45, 2.75) is 6.42 Å². The fourth-order valence-corrected chi connectivity index (χ4v) is 3.47. The van der Waals surface area contributed by atoms with Crippen LogP contribution >= 0.6 is 0 Å². The van der Waals surface area contributed by atoms with Gasteiger partial charge in [-0.3, -0.25) is 0 Å². The number of rotatable bonds is 7. The zero-order valence-corrected chi connectivity index (χ0v) is 17.2. The first-order valence-electron chi connectivity index (χ1n) is 10.3. The molecule has 7 nitrogen and oxygen atoms in total. The summed E-state index contributed by atoms with van der Waals surface area (Å²) in [4.78, 5) is 4.44. The highest BCUT2D eigenvalue weighted by atomic mass is 16.5. The number of aromatic nitrogens is 2. The van der Waals surface area contributed by atoms with Crippen LogP contribution < -0.4 is 14.8 Å². The highest BCUT2D eigenvalue weighted by Gasteiger charge is 2.10. The molecule has 160 valence electrons. The second kappa shape index (κ2) is 8.85. The molecule has 0 saturated heterocycles. The van der Waals surface area contributed by atoms with Gasteiger partial charge in [-0.15, -0.1) is 0 Å². The predicted octanol–water partition coefficient (Wildman–Crippen LogP) is 4.89. The van der Waals surface area contributed by atoms with Crippen LogP contribution in [0, 0.1) is 0 Å². The van der Waals surface area contributed by atoms with Crippen LogP contribution in [-0.2, 0) is 0 Å². The van der Waals surface area contributed by atoms with E-state index in [9.17, 15) is 5.21 Å². The van der Waals surface area contributed by atoms with Crippen molar-refractivity contribution in [2.75, 3.05) is 13.2 Å². The quantitative estimate of drug-likeness (QED) is 0.227. The smallest absolute Gasteiger partial charge is 0.155 e. The number of para-hydroxylation sites is 1. The van der Waals surface area contributed by atoms with Crippen LogP contribution in [0.1, 0.15) is 6.42 Å². The van der Waals surface area contributed by atoms with Crippen molar-refractivity contribution < 1.29 is 19.1 Å². The lowest BCUT2D eigenvalue weighted by Crippen LogP contribution is -2.06. The third-order valence-corrected chi connectivity index (χ3v) is 5.06. The molecule has 0 bridgehead atoms. The third-order valence-electron chi connectivity index (χ3n) is 5.06. The van der Waals surface area contributed by atoms with E-state index >= 15 is 0 Å². The minimum atomic E-state index is 0.385. The van der Waals surface area contributed by atoms with E-state index in [0.29, 0.717) is 46.7 Å². The van der Waals surface area contributed by atoms with E-state index in [1.54, 1.807) is 24.5 Å². The molecule has 2 aromatic carbocycles. The summed E-state index contributed by atoms with van der Waals surface area (Å²) in [6.45, 7) is 1.06. The van der Waals surface area contributed by atoms with Crippen LogP contribution in [0.3, 0.4) is 0 Å². The molecule has 32 heavy (non-hydrogen) atoms. The summed E-state index contributed by atoms with van der Waals surface area (Å²) in [6, 6.07) is 22.6. The van der Waals surface area contributed by atoms with Gasteiger partial charge in [-0.1, -0.05) is 23.4 Å². The van der Waals surface area contributed by atoms with Gasteiger partial charge in [0.15, 0.2) is 5.76 Å². The Kier molecular flexibility index (Phi) is 5.45. The molecule has 7 heteroatoms. The van der Waals surface area contributed by atoms with Crippen LogP contribution in [0.2, 0.25) is 0 Å². The minimum absolute atomic E-state index is 0.385. The van der Waals surface area contributed by atoms with Gasteiger partial charge in [0.2, 0.25) is 0 Å². The molecular formula is C25H21N3O4. The molecule has 5 aromatic rings. The first-order chi connectivity index (χ1) is 15.8. The van der Waals surface area contributed by atoms with Gasteiger partial charge in [0.05, 0.1) is 24.9 Å². The molecule has 0 aliphatic carbocycles. The van der Waals surface area contributed by atoms with Crippen molar-refractivity contribution in [2.24, 2.45) is 5.16 Å². The molecule has 0 aliphatic heterocycles. The number of nitrogens with zero attached hydrogens (tertiary/aromatic N) is 3. The van der Waals surface area contributed by atoms with E-state index in [1.165, 1.54) is 0 Å². The molecule has 0 radical (unpaired) electrons. The molecule has 0 aliphatic rings. The molecule has 1 N–H and O–H groups in total. The van der Waals surface area contributed by atoms with E-state index in [4.69, 9.17) is 13.9 Å². The average molecular weight is 427 g/mol. The molecule has 0 fully saturated rings. The molecule has 0 unspecified atom stereocenters. The molecule has 0 atom stereocenters. The van der Waals surface area contributed by atoms with Crippen molar-refractivity contribution in [1.82, 2.24) is 9.38 Å². The SMILES string of the molecule is O/N=c1/cc(-c2cc3cccn3cn2)oc2ccc(OCCCOc3ccccc3)cc12. The molecule has 3 heterocycles. The average Bonchev–Trinajstić information content (AvgIpc) is 3.32. The Labute approximate surface area is 183 Å². The zero-order chi connectivity index (χ0) is 21.8. The van der Waals surface area contributed by atoms with Crippen molar-refractivity contribution in [3.05, 3.63) is 90.7 Å². The van der Waals surface area contributed by atoms with Crippen LogP contribution in [-0.4, -0.2) is 27.8 Å². The fourth-order valence-electron chi connectivity index (χ4n) is 3.47. The van der Waals surface area contributed by atoms with Gasteiger partial charge in [0, 0.05) is 24.2 Å². The number of ether oxygens (including phenoxy) is 2. The summed E-state index contributed by atoms with van der Waals surface area (Å²) in [6.07, 6.45) is 4.38. The maximum absolute atomic E-state index is 9.59. The summed E-state index contributed by atoms with van der Waals surface area (Å²) < 4.78 is 19.5. The van der Waals surface area contributed by atoms with E-state index in [2.05, 4.69) is 10.1 Å². The Morgan fingerprint density at radius 1 is 0.906 bits per heavy atom. The fraction of sp³-hybridized carbons (Fsp3) is 0.120. The van der Waals surface area contributed by atoms with Gasteiger partial charge in [0.1, 0.15) is 28.1 Å². The highest BCUT2D eigenvalue weighted by molar-refractivity contribution is 5.80. The Balaban J connectivity index is 1.32. The first-order valence-corrected chi connectivity index (χ1v) is 10.3. The summed E-state index contributed by atoms with van der Waals surface area (Å²) in [5, 5.41) is 14.1. The van der Waals surface area contributed by atoms with Crippen molar-refractivity contribution in [1.29, 1.82) is 0 Å². The van der Waals surface area contributed by atoms with E-state index in [0.717, 1.165) is 17.7 Å². The van der Waals surface area contributed by atoms with Crippen LogP contribution in [0.5, 0.6) is 11.5 Å². The lowest BCUT2D eigenvalue weighted by atomic mass is 10.2. The van der Waals surface area contributed by atoms with Crippen LogP contribution in [0.15, 0.2) is 94.9 Å². The summed E-state index contributed by atoms with van der Waals surface area (Å²) in [5.41, 5.74) is 2.22. The van der Waals surface area contributed by atoms with Gasteiger partial charge in [-0.05, 0) is 48.5 Å². The number of hydrogen-bond acceptors (Lipinski definition) is 6. The number of benzene rings is 2. The maximum Gasteiger partial charge on any atom is 0.155 e. The Morgan fingerprint density at radius 2 is 1.75 bits per heavy atom. The summed E-state index contributed by atoms with van der Waals surface area (Å²) in [5.74, 6) is 2.02. The lowest BCUT2D eigenvalue weighted by molar-refractivity contribution is 0.247. The van der Waals surface area contributed by atoms with Crippen molar-refractivity contribution >= 4 is 16.5 Å². The van der Waals surface area contributed by atoms with Crippen molar-refractivity contribution in [3.8, 4) is 23.0 Å². The van der Waals surface area contributed by atoms with E-state index < -0.39 is 0 Å². The maximum atomic E-state index is 9.59. The molecule has 0 amide bonds. The first kappa shape index (κ1) is 19.7. The standard InChI is InChI=1S/C25H21N3O4/c29-27-22-16-25(23-14-18-6-4-11-28(18)17-26-23)32-24-10-9-20(15-21(22)24)31-13-5-12-30-19-7-2-1-3-8-19/h1-4,6-11,14-17,29H,5,12-13H2/b27-22-. The number of fused-ring (bicyclic) bond motifs is 2. The van der Waals surface area contributed by atoms with E-state index in [1.807, 2.05) is 65.2 Å². The largest absolute Gasteiger partial charge is 0.493 e. The third kappa shape index (κ3) is 4.13. The Hall–Kier alpha value is -4.26. The van der Waals surface area contributed by atoms with Gasteiger partial charge in [-0.25, -0.2) is 4.98 Å². The second-order valence-corrected chi connectivity index (χ2v) is 7.23. The Morgan fingerprint density at radius 3 is 2.59 bits per heavy atom. The zero-order valence-electron chi connectivity index (χ0n) is 17.2. The second-order valence-electron chi connectivity index (χ2n) is 7.23. The van der Waals surface area contributed by atoms with E-state index in [-0.39, 0.29) is 0 Å². The van der Waals surface area contributed by atoms with Gasteiger partial charge >= 0.3 is 0 Å². The normalized spacial score (nSPS) is 11.8. The molecule has 3 aromatic heterocycles. The van der Waals surface area contributed by atoms with Crippen LogP contribution in [0.25, 0.3) is 27.9 Å². The van der Waals surface area contributed by atoms with Gasteiger partial charge in [0.25, 0.3) is 0 Å². The highest BCUT2D eigenvalue weighted by Crippen LogP contribution is 2.24. The van der Waals surface area contributed by atoms with Crippen LogP contribution in [0.4, 0.5) is 0 Å². The van der Waals surface area contributed by atoms with Gasteiger partial charge in [-0.2, -0.15) is 0 Å². The Bertz CT molecular complexity index is 1420. The lowest BCUT2D eigenvalue weighted by Gasteiger charge is -2.09. The minimum Gasteiger partial charge on any atom is -0.493 e. The topological polar surface area (TPSA) is 81.5 Å². The monoisotopic (exact) mass is 427 g/mol.